The Morgan fingerprint density at radius 3 is 2.50 bits per heavy atom. The summed E-state index contributed by atoms with van der Waals surface area (Å²) < 4.78 is 5.14. The van der Waals surface area contributed by atoms with E-state index in [-0.39, 0.29) is 6.61 Å². The monoisotopic (exact) mass is 198 g/mol. The molecule has 0 aliphatic carbocycles. The number of allylic oxidation sites excluding steroid dienone is 3. The molecule has 2 nitrogen and oxygen atoms in total. The third-order valence-electron chi connectivity index (χ3n) is 1.88. The van der Waals surface area contributed by atoms with Gasteiger partial charge in [-0.05, 0) is 33.6 Å². The van der Waals surface area contributed by atoms with E-state index in [0.29, 0.717) is 13.2 Å². The highest BCUT2D eigenvalue weighted by molar-refractivity contribution is 5.02. The third-order valence-corrected chi connectivity index (χ3v) is 1.88. The van der Waals surface area contributed by atoms with Crippen LogP contribution in [0.4, 0.5) is 0 Å². The first kappa shape index (κ1) is 13.4. The summed E-state index contributed by atoms with van der Waals surface area (Å²) >= 11 is 0. The van der Waals surface area contributed by atoms with Crippen LogP contribution in [0.3, 0.4) is 0 Å². The smallest absolute Gasteiger partial charge is 0.0701 e. The molecule has 0 aliphatic heterocycles. The van der Waals surface area contributed by atoms with E-state index in [4.69, 9.17) is 9.84 Å². The van der Waals surface area contributed by atoms with Crippen molar-refractivity contribution in [1.82, 2.24) is 0 Å². The lowest BCUT2D eigenvalue weighted by molar-refractivity contribution is 0.111. The molecule has 1 N–H and O–H groups in total. The maximum atomic E-state index is 8.48. The summed E-state index contributed by atoms with van der Waals surface area (Å²) in [5.41, 5.74) is 2.72. The van der Waals surface area contributed by atoms with E-state index in [2.05, 4.69) is 32.9 Å². The lowest BCUT2D eigenvalue weighted by atomic mass is 10.1. The summed E-state index contributed by atoms with van der Waals surface area (Å²) in [6, 6.07) is 0. The predicted octanol–water partition coefficient (Wildman–Crippen LogP) is 2.69. The largest absolute Gasteiger partial charge is 0.394 e. The second-order valence-corrected chi connectivity index (χ2v) is 3.67. The van der Waals surface area contributed by atoms with Crippen LogP contribution in [0.15, 0.2) is 23.3 Å². The summed E-state index contributed by atoms with van der Waals surface area (Å²) in [5, 5.41) is 8.48. The Balaban J connectivity index is 3.52. The summed E-state index contributed by atoms with van der Waals surface area (Å²) in [5.74, 6) is 0. The van der Waals surface area contributed by atoms with Gasteiger partial charge < -0.3 is 9.84 Å². The van der Waals surface area contributed by atoms with Gasteiger partial charge >= 0.3 is 0 Å². The summed E-state index contributed by atoms with van der Waals surface area (Å²) in [7, 11) is 0. The normalized spacial score (nSPS) is 11.6. The molecular formula is C12H22O2. The van der Waals surface area contributed by atoms with Gasteiger partial charge in [-0.2, -0.15) is 0 Å². The minimum absolute atomic E-state index is 0.102. The zero-order chi connectivity index (χ0) is 10.8. The van der Waals surface area contributed by atoms with Crippen LogP contribution in [-0.4, -0.2) is 24.9 Å². The van der Waals surface area contributed by atoms with Crippen LogP contribution < -0.4 is 0 Å². The average molecular weight is 198 g/mol. The Hall–Kier alpha value is -0.600. The molecule has 2 heteroatoms. The van der Waals surface area contributed by atoms with E-state index < -0.39 is 0 Å². The SMILES string of the molecule is CC(C)=CCC/C(C)=C/COCCO. The molecule has 0 aliphatic rings. The maximum Gasteiger partial charge on any atom is 0.0701 e. The van der Waals surface area contributed by atoms with Gasteiger partial charge in [-0.25, -0.2) is 0 Å². The fourth-order valence-corrected chi connectivity index (χ4v) is 1.04. The second kappa shape index (κ2) is 8.97. The molecule has 0 atom stereocenters. The van der Waals surface area contributed by atoms with Crippen molar-refractivity contribution in [3.05, 3.63) is 23.3 Å². The van der Waals surface area contributed by atoms with E-state index in [1.807, 2.05) is 0 Å². The molecule has 0 rings (SSSR count). The molecule has 0 radical (unpaired) electrons. The molecule has 0 unspecified atom stereocenters. The van der Waals surface area contributed by atoms with Gasteiger partial charge in [0.2, 0.25) is 0 Å². The number of aliphatic hydroxyl groups excluding tert-OH is 1. The molecule has 14 heavy (non-hydrogen) atoms. The summed E-state index contributed by atoms with van der Waals surface area (Å²) in [6.07, 6.45) is 6.51. The molecule has 0 fully saturated rings. The van der Waals surface area contributed by atoms with Crippen LogP contribution in [0, 0.1) is 0 Å². The Morgan fingerprint density at radius 1 is 1.21 bits per heavy atom. The van der Waals surface area contributed by atoms with Gasteiger partial charge in [-0.3, -0.25) is 0 Å². The van der Waals surface area contributed by atoms with E-state index in [1.165, 1.54) is 11.1 Å². The van der Waals surface area contributed by atoms with Crippen LogP contribution in [0.25, 0.3) is 0 Å². The minimum Gasteiger partial charge on any atom is -0.394 e. The molecule has 0 saturated heterocycles. The van der Waals surface area contributed by atoms with Gasteiger partial charge in [0.15, 0.2) is 0 Å². The van der Waals surface area contributed by atoms with Crippen molar-refractivity contribution in [2.24, 2.45) is 0 Å². The zero-order valence-electron chi connectivity index (χ0n) is 9.55. The van der Waals surface area contributed by atoms with E-state index >= 15 is 0 Å². The third kappa shape index (κ3) is 9.49. The molecule has 0 amide bonds. The second-order valence-electron chi connectivity index (χ2n) is 3.67. The Morgan fingerprint density at radius 2 is 1.93 bits per heavy atom. The number of rotatable bonds is 7. The highest BCUT2D eigenvalue weighted by Crippen LogP contribution is 2.06. The van der Waals surface area contributed by atoms with Crippen molar-refractivity contribution in [3.63, 3.8) is 0 Å². The number of hydrogen-bond donors (Lipinski definition) is 1. The van der Waals surface area contributed by atoms with Crippen LogP contribution >= 0.6 is 0 Å². The van der Waals surface area contributed by atoms with Crippen molar-refractivity contribution >= 4 is 0 Å². The van der Waals surface area contributed by atoms with Crippen LogP contribution in [0.5, 0.6) is 0 Å². The first-order valence-corrected chi connectivity index (χ1v) is 5.14. The van der Waals surface area contributed by atoms with Crippen LogP contribution in [0.2, 0.25) is 0 Å². The molecular weight excluding hydrogens is 176 g/mol. The Labute approximate surface area is 87.3 Å². The molecule has 0 spiro atoms. The lowest BCUT2D eigenvalue weighted by Gasteiger charge is -2.00. The quantitative estimate of drug-likeness (QED) is 0.503. The van der Waals surface area contributed by atoms with Gasteiger partial charge in [0, 0.05) is 0 Å². The summed E-state index contributed by atoms with van der Waals surface area (Å²) in [6.45, 7) is 7.48. The molecule has 0 aromatic carbocycles. The minimum atomic E-state index is 0.102. The number of hydrogen-bond acceptors (Lipinski definition) is 2. The van der Waals surface area contributed by atoms with Crippen LogP contribution in [0.1, 0.15) is 33.6 Å². The van der Waals surface area contributed by atoms with E-state index in [1.54, 1.807) is 0 Å². The number of ether oxygens (including phenoxy) is 1. The van der Waals surface area contributed by atoms with Gasteiger partial charge in [0.05, 0.1) is 19.8 Å². The molecule has 0 saturated carbocycles. The van der Waals surface area contributed by atoms with Crippen molar-refractivity contribution in [2.75, 3.05) is 19.8 Å². The fraction of sp³-hybridized carbons (Fsp3) is 0.667. The maximum absolute atomic E-state index is 8.48. The molecule has 0 aromatic heterocycles. The van der Waals surface area contributed by atoms with E-state index in [0.717, 1.165) is 12.8 Å². The van der Waals surface area contributed by atoms with Crippen molar-refractivity contribution in [1.29, 1.82) is 0 Å². The van der Waals surface area contributed by atoms with Gasteiger partial charge in [0.1, 0.15) is 0 Å². The van der Waals surface area contributed by atoms with Crippen LogP contribution in [-0.2, 0) is 4.74 Å². The topological polar surface area (TPSA) is 29.5 Å². The van der Waals surface area contributed by atoms with Gasteiger partial charge in [-0.1, -0.05) is 23.3 Å². The average Bonchev–Trinajstić information content (AvgIpc) is 2.12. The van der Waals surface area contributed by atoms with Crippen molar-refractivity contribution in [2.45, 2.75) is 33.6 Å². The summed E-state index contributed by atoms with van der Waals surface area (Å²) in [4.78, 5) is 0. The highest BCUT2D eigenvalue weighted by atomic mass is 16.5. The van der Waals surface area contributed by atoms with Gasteiger partial charge in [0.25, 0.3) is 0 Å². The molecule has 0 heterocycles. The first-order chi connectivity index (χ1) is 6.66. The first-order valence-electron chi connectivity index (χ1n) is 5.14. The molecule has 0 bridgehead atoms. The number of aliphatic hydroxyl groups is 1. The predicted molar refractivity (Wildman–Crippen MR) is 60.3 cm³/mol. The zero-order valence-corrected chi connectivity index (χ0v) is 9.55. The fourth-order valence-electron chi connectivity index (χ4n) is 1.04. The van der Waals surface area contributed by atoms with Crippen molar-refractivity contribution in [3.8, 4) is 0 Å². The molecule has 82 valence electrons. The lowest BCUT2D eigenvalue weighted by Crippen LogP contribution is -1.98. The van der Waals surface area contributed by atoms with Crippen molar-refractivity contribution < 1.29 is 9.84 Å². The van der Waals surface area contributed by atoms with Gasteiger partial charge in [-0.15, -0.1) is 0 Å². The Kier molecular flexibility index (Phi) is 8.59. The standard InChI is InChI=1S/C12H22O2/c1-11(2)5-4-6-12(3)7-9-14-10-8-13/h5,7,13H,4,6,8-10H2,1-3H3/b12-7+. The Bertz CT molecular complexity index is 188. The molecule has 0 aromatic rings. The highest BCUT2D eigenvalue weighted by Gasteiger charge is 1.89. The van der Waals surface area contributed by atoms with E-state index in [9.17, 15) is 0 Å².